The normalized spacial score (nSPS) is 11.7. The van der Waals surface area contributed by atoms with Crippen LogP contribution < -0.4 is 4.90 Å². The highest BCUT2D eigenvalue weighted by Crippen LogP contribution is 2.47. The van der Waals surface area contributed by atoms with Crippen LogP contribution in [0.3, 0.4) is 0 Å². The first-order valence-electron chi connectivity index (χ1n) is 20.6. The second-order valence-corrected chi connectivity index (χ2v) is 15.6. The summed E-state index contributed by atoms with van der Waals surface area (Å²) in [5.74, 6) is 0. The molecule has 60 heavy (non-hydrogen) atoms. The van der Waals surface area contributed by atoms with Crippen LogP contribution in [0, 0.1) is 0 Å². The molecule has 0 aliphatic rings. The summed E-state index contributed by atoms with van der Waals surface area (Å²) < 4.78 is 6.46. The maximum absolute atomic E-state index is 6.46. The van der Waals surface area contributed by atoms with Crippen molar-refractivity contribution in [3.8, 4) is 33.4 Å². The zero-order chi connectivity index (χ0) is 39.6. The van der Waals surface area contributed by atoms with E-state index in [1.807, 2.05) is 12.1 Å². The van der Waals surface area contributed by atoms with Crippen molar-refractivity contribution in [2.45, 2.75) is 0 Å². The van der Waals surface area contributed by atoms with Crippen LogP contribution in [0.2, 0.25) is 0 Å². The van der Waals surface area contributed by atoms with Crippen molar-refractivity contribution in [2.75, 3.05) is 4.90 Å². The van der Waals surface area contributed by atoms with Gasteiger partial charge in [-0.3, -0.25) is 0 Å². The van der Waals surface area contributed by atoms with Gasteiger partial charge in [0.2, 0.25) is 0 Å². The van der Waals surface area contributed by atoms with E-state index in [1.54, 1.807) is 0 Å². The molecule has 0 unspecified atom stereocenters. The van der Waals surface area contributed by atoms with Gasteiger partial charge >= 0.3 is 0 Å². The van der Waals surface area contributed by atoms with Gasteiger partial charge in [-0.1, -0.05) is 176 Å². The molecule has 1 heterocycles. The van der Waals surface area contributed by atoms with Gasteiger partial charge in [0.15, 0.2) is 0 Å². The Kier molecular flexibility index (Phi) is 7.89. The van der Waals surface area contributed by atoms with Gasteiger partial charge in [0.1, 0.15) is 11.2 Å². The number of fused-ring (bicyclic) bond motifs is 8. The minimum atomic E-state index is 0.893. The Morgan fingerprint density at radius 3 is 1.43 bits per heavy atom. The molecular formula is C58H37NO. The Balaban J connectivity index is 1.04. The molecule has 2 nitrogen and oxygen atoms in total. The van der Waals surface area contributed by atoms with E-state index in [4.69, 9.17) is 4.42 Å². The lowest BCUT2D eigenvalue weighted by atomic mass is 9.85. The predicted molar refractivity (Wildman–Crippen MR) is 255 cm³/mol. The predicted octanol–water partition coefficient (Wildman–Crippen LogP) is 16.7. The molecular weight excluding hydrogens is 727 g/mol. The lowest BCUT2D eigenvalue weighted by molar-refractivity contribution is 0.669. The van der Waals surface area contributed by atoms with Crippen LogP contribution in [-0.2, 0) is 0 Å². The first kappa shape index (κ1) is 34.1. The summed E-state index contributed by atoms with van der Waals surface area (Å²) in [7, 11) is 0. The number of nitrogens with zero attached hydrogens (tertiary/aromatic N) is 1. The molecule has 0 saturated carbocycles. The molecule has 0 spiro atoms. The lowest BCUT2D eigenvalue weighted by Gasteiger charge is -2.27. The number of rotatable bonds is 6. The second-order valence-electron chi connectivity index (χ2n) is 15.6. The van der Waals surface area contributed by atoms with Crippen LogP contribution in [0.25, 0.3) is 98.4 Å². The smallest absolute Gasteiger partial charge is 0.136 e. The van der Waals surface area contributed by atoms with Crippen molar-refractivity contribution < 1.29 is 4.42 Å². The van der Waals surface area contributed by atoms with E-state index in [0.717, 1.165) is 50.1 Å². The van der Waals surface area contributed by atoms with Crippen LogP contribution >= 0.6 is 0 Å². The molecule has 280 valence electrons. The van der Waals surface area contributed by atoms with E-state index >= 15 is 0 Å². The van der Waals surface area contributed by atoms with Gasteiger partial charge in [-0.15, -0.1) is 0 Å². The number of para-hydroxylation sites is 1. The van der Waals surface area contributed by atoms with Gasteiger partial charge in [-0.25, -0.2) is 0 Å². The molecule has 12 aromatic rings. The quantitative estimate of drug-likeness (QED) is 0.157. The molecule has 0 bridgehead atoms. The second kappa shape index (κ2) is 13.9. The number of hydrogen-bond acceptors (Lipinski definition) is 2. The van der Waals surface area contributed by atoms with Crippen LogP contribution in [0.15, 0.2) is 229 Å². The highest BCUT2D eigenvalue weighted by Gasteiger charge is 2.21. The third kappa shape index (κ3) is 5.50. The fraction of sp³-hybridized carbons (Fsp3) is 0. The summed E-state index contributed by atoms with van der Waals surface area (Å²) in [5, 5.41) is 12.1. The van der Waals surface area contributed by atoms with Crippen molar-refractivity contribution in [3.05, 3.63) is 224 Å². The van der Waals surface area contributed by atoms with Gasteiger partial charge < -0.3 is 9.32 Å². The lowest BCUT2D eigenvalue weighted by Crippen LogP contribution is -2.10. The van der Waals surface area contributed by atoms with Crippen LogP contribution in [0.4, 0.5) is 17.1 Å². The van der Waals surface area contributed by atoms with Crippen molar-refractivity contribution in [3.63, 3.8) is 0 Å². The van der Waals surface area contributed by atoms with E-state index < -0.39 is 0 Å². The monoisotopic (exact) mass is 763 g/mol. The maximum Gasteiger partial charge on any atom is 0.136 e. The van der Waals surface area contributed by atoms with Gasteiger partial charge in [0.25, 0.3) is 0 Å². The summed E-state index contributed by atoms with van der Waals surface area (Å²) >= 11 is 0. The van der Waals surface area contributed by atoms with Gasteiger partial charge in [-0.05, 0) is 120 Å². The topological polar surface area (TPSA) is 16.4 Å². The van der Waals surface area contributed by atoms with Crippen LogP contribution in [0.1, 0.15) is 0 Å². The first-order chi connectivity index (χ1) is 29.8. The Labute approximate surface area is 347 Å². The number of furan rings is 1. The van der Waals surface area contributed by atoms with Crippen LogP contribution in [0.5, 0.6) is 0 Å². The molecule has 0 aliphatic heterocycles. The zero-order valence-electron chi connectivity index (χ0n) is 32.7. The Morgan fingerprint density at radius 2 is 0.750 bits per heavy atom. The Hall–Kier alpha value is -7.94. The molecule has 2 heteroatoms. The number of benzene rings is 11. The fourth-order valence-electron chi connectivity index (χ4n) is 9.50. The van der Waals surface area contributed by atoms with E-state index in [0.29, 0.717) is 0 Å². The Bertz CT molecular complexity index is 3590. The summed E-state index contributed by atoms with van der Waals surface area (Å²) in [6.07, 6.45) is 0. The molecule has 1 aromatic heterocycles. The number of hydrogen-bond donors (Lipinski definition) is 0. The molecule has 0 saturated heterocycles. The maximum atomic E-state index is 6.46. The molecule has 0 fully saturated rings. The van der Waals surface area contributed by atoms with E-state index in [-0.39, 0.29) is 0 Å². The fourth-order valence-corrected chi connectivity index (χ4v) is 9.50. The summed E-state index contributed by atoms with van der Waals surface area (Å²) in [5.41, 5.74) is 12.2. The van der Waals surface area contributed by atoms with E-state index in [9.17, 15) is 0 Å². The molecule has 0 aliphatic carbocycles. The zero-order valence-corrected chi connectivity index (χ0v) is 32.7. The third-order valence-corrected chi connectivity index (χ3v) is 12.2. The molecule has 0 radical (unpaired) electrons. The summed E-state index contributed by atoms with van der Waals surface area (Å²) in [6, 6.07) is 81.3. The van der Waals surface area contributed by atoms with Gasteiger partial charge in [0, 0.05) is 27.5 Å². The van der Waals surface area contributed by atoms with Crippen molar-refractivity contribution in [1.82, 2.24) is 0 Å². The minimum Gasteiger partial charge on any atom is -0.456 e. The van der Waals surface area contributed by atoms with Crippen molar-refractivity contribution >= 4 is 82.1 Å². The molecule has 12 rings (SSSR count). The largest absolute Gasteiger partial charge is 0.456 e. The summed E-state index contributed by atoms with van der Waals surface area (Å²) in [6.45, 7) is 0. The highest BCUT2D eigenvalue weighted by atomic mass is 16.3. The van der Waals surface area contributed by atoms with E-state index in [2.05, 4.69) is 217 Å². The van der Waals surface area contributed by atoms with Crippen LogP contribution in [-0.4, -0.2) is 0 Å². The van der Waals surface area contributed by atoms with Gasteiger partial charge in [0.05, 0.1) is 5.69 Å². The van der Waals surface area contributed by atoms with Crippen molar-refractivity contribution in [2.24, 2.45) is 0 Å². The van der Waals surface area contributed by atoms with Gasteiger partial charge in [-0.2, -0.15) is 0 Å². The average Bonchev–Trinajstić information content (AvgIpc) is 3.70. The molecule has 0 amide bonds. The van der Waals surface area contributed by atoms with E-state index in [1.165, 1.54) is 65.3 Å². The third-order valence-electron chi connectivity index (χ3n) is 12.2. The Morgan fingerprint density at radius 1 is 0.283 bits per heavy atom. The highest BCUT2D eigenvalue weighted by molar-refractivity contribution is 6.22. The summed E-state index contributed by atoms with van der Waals surface area (Å²) in [4.78, 5) is 2.40. The first-order valence-corrected chi connectivity index (χ1v) is 20.6. The molecule has 0 atom stereocenters. The van der Waals surface area contributed by atoms with Crippen molar-refractivity contribution in [1.29, 1.82) is 0 Å². The molecule has 0 N–H and O–H groups in total. The standard InChI is InChI=1S/C58H37NO/c1-3-17-45-38(13-1)15-11-24-46(45)40-27-32-43(33-28-40)59(54-25-12-16-39-14-2-4-18-47(39)54)44-34-29-41(30-35-44)57-52-22-7-5-19-48(52)49-20-6-8-23-53(49)58(57)42-31-36-51-50-21-9-10-26-55(50)60-56(51)37-42/h1-37H. The molecule has 11 aromatic carbocycles. The minimum absolute atomic E-state index is 0.893. The SMILES string of the molecule is c1ccc2c(-c3ccc(N(c4ccc(-c5c(-c6ccc7c(c6)oc6ccccc67)c6ccccc6c6ccccc56)cc4)c4cccc5ccccc45)cc3)cccc2c1. The average molecular weight is 764 g/mol. The number of anilines is 3.